The molecule has 6 heteroatoms. The van der Waals surface area contributed by atoms with E-state index in [1.54, 1.807) is 26.0 Å². The van der Waals surface area contributed by atoms with Crippen molar-refractivity contribution in [3.05, 3.63) is 34.9 Å². The summed E-state index contributed by atoms with van der Waals surface area (Å²) < 4.78 is 0. The first-order valence-electron chi connectivity index (χ1n) is 7.32. The van der Waals surface area contributed by atoms with Gasteiger partial charge in [0, 0.05) is 23.3 Å². The van der Waals surface area contributed by atoms with Crippen LogP contribution in [0.5, 0.6) is 0 Å². The summed E-state index contributed by atoms with van der Waals surface area (Å²) in [7, 11) is 0. The number of nitrogens with one attached hydrogen (secondary N) is 2. The van der Waals surface area contributed by atoms with Crippen molar-refractivity contribution in [3.63, 3.8) is 0 Å². The van der Waals surface area contributed by atoms with Crippen LogP contribution in [0.3, 0.4) is 0 Å². The Balaban J connectivity index is 1.77. The SMILES string of the molecule is CC1(C)[C@@H](O)C[C@@]12NC(=O)C(Cc1cccc(Cl)c1)NC2=O. The molecule has 2 aliphatic rings. The van der Waals surface area contributed by atoms with Gasteiger partial charge in [-0.25, -0.2) is 0 Å². The number of hydrogen-bond acceptors (Lipinski definition) is 3. The van der Waals surface area contributed by atoms with Crippen LogP contribution in [0.15, 0.2) is 24.3 Å². The first kappa shape index (κ1) is 15.3. The summed E-state index contributed by atoms with van der Waals surface area (Å²) in [6.07, 6.45) is 0.0431. The number of benzene rings is 1. The van der Waals surface area contributed by atoms with E-state index in [0.29, 0.717) is 11.4 Å². The zero-order chi connectivity index (χ0) is 16.1. The van der Waals surface area contributed by atoms with Crippen molar-refractivity contribution in [1.29, 1.82) is 0 Å². The van der Waals surface area contributed by atoms with Crippen molar-refractivity contribution in [2.45, 2.75) is 44.4 Å². The summed E-state index contributed by atoms with van der Waals surface area (Å²) in [6, 6.07) is 6.60. The quantitative estimate of drug-likeness (QED) is 0.761. The zero-order valence-corrected chi connectivity index (χ0v) is 13.3. The number of piperazine rings is 1. The molecule has 3 N–H and O–H groups in total. The van der Waals surface area contributed by atoms with Gasteiger partial charge >= 0.3 is 0 Å². The lowest BCUT2D eigenvalue weighted by molar-refractivity contribution is -0.177. The highest BCUT2D eigenvalue weighted by Crippen LogP contribution is 2.50. The van der Waals surface area contributed by atoms with Crippen molar-refractivity contribution in [1.82, 2.24) is 10.6 Å². The van der Waals surface area contributed by atoms with Crippen LogP contribution in [-0.2, 0) is 16.0 Å². The maximum Gasteiger partial charge on any atom is 0.247 e. The van der Waals surface area contributed by atoms with Gasteiger partial charge in [0.2, 0.25) is 11.8 Å². The molecule has 1 aromatic rings. The average molecular weight is 323 g/mol. The summed E-state index contributed by atoms with van der Waals surface area (Å²) in [4.78, 5) is 24.9. The van der Waals surface area contributed by atoms with E-state index in [9.17, 15) is 14.7 Å². The lowest BCUT2D eigenvalue weighted by atomic mass is 9.53. The Morgan fingerprint density at radius 1 is 1.36 bits per heavy atom. The monoisotopic (exact) mass is 322 g/mol. The van der Waals surface area contributed by atoms with Gasteiger partial charge in [0.1, 0.15) is 11.6 Å². The molecule has 1 heterocycles. The molecule has 1 spiro atoms. The number of hydrogen-bond donors (Lipinski definition) is 3. The number of carbonyl (C=O) groups excluding carboxylic acids is 2. The molecular weight excluding hydrogens is 304 g/mol. The second-order valence-electron chi connectivity index (χ2n) is 6.70. The fourth-order valence-corrected chi connectivity index (χ4v) is 3.52. The first-order chi connectivity index (χ1) is 10.3. The molecule has 1 unspecified atom stereocenters. The maximum atomic E-state index is 12.5. The summed E-state index contributed by atoms with van der Waals surface area (Å²) in [5.41, 5.74) is -0.793. The van der Waals surface area contributed by atoms with E-state index in [4.69, 9.17) is 11.6 Å². The molecule has 2 amide bonds. The Kier molecular flexibility index (Phi) is 3.45. The largest absolute Gasteiger partial charge is 0.392 e. The standard InChI is InChI=1S/C16H19ClN2O3/c1-15(2)12(20)8-16(15)14(22)18-11(13(21)19-16)7-9-4-3-5-10(17)6-9/h3-6,11-12,20H,7-8H2,1-2H3,(H,18,22)(H,19,21)/t11?,12-,16-/m0/s1. The molecule has 0 bridgehead atoms. The summed E-state index contributed by atoms with van der Waals surface area (Å²) in [5, 5.41) is 16.1. The molecule has 3 atom stereocenters. The zero-order valence-electron chi connectivity index (χ0n) is 12.5. The van der Waals surface area contributed by atoms with E-state index in [-0.39, 0.29) is 18.2 Å². The summed E-state index contributed by atoms with van der Waals surface area (Å²) >= 11 is 5.94. The third-order valence-electron chi connectivity index (χ3n) is 5.11. The van der Waals surface area contributed by atoms with Gasteiger partial charge in [0.05, 0.1) is 6.10 Å². The molecular formula is C16H19ClN2O3. The second kappa shape index (κ2) is 4.96. The minimum absolute atomic E-state index is 0.223. The Labute approximate surface area is 134 Å². The lowest BCUT2D eigenvalue weighted by Gasteiger charge is -2.60. The van der Waals surface area contributed by atoms with Gasteiger partial charge in [-0.15, -0.1) is 0 Å². The molecule has 2 fully saturated rings. The van der Waals surface area contributed by atoms with Crippen LogP contribution in [0.2, 0.25) is 5.02 Å². The molecule has 0 aromatic heterocycles. The van der Waals surface area contributed by atoms with Gasteiger partial charge in [0.15, 0.2) is 0 Å². The highest BCUT2D eigenvalue weighted by molar-refractivity contribution is 6.30. The molecule has 118 valence electrons. The van der Waals surface area contributed by atoms with Crippen LogP contribution in [0.1, 0.15) is 25.8 Å². The fraction of sp³-hybridized carbons (Fsp3) is 0.500. The molecule has 1 aliphatic heterocycles. The molecule has 22 heavy (non-hydrogen) atoms. The average Bonchev–Trinajstić information content (AvgIpc) is 2.44. The molecule has 5 nitrogen and oxygen atoms in total. The van der Waals surface area contributed by atoms with Crippen LogP contribution in [-0.4, -0.2) is 34.6 Å². The highest BCUT2D eigenvalue weighted by Gasteiger charge is 2.66. The molecule has 1 aromatic carbocycles. The Morgan fingerprint density at radius 2 is 2.09 bits per heavy atom. The van der Waals surface area contributed by atoms with Crippen molar-refractivity contribution in [2.24, 2.45) is 5.41 Å². The number of aliphatic hydroxyl groups excluding tert-OH is 1. The normalized spacial score (nSPS) is 33.1. The van der Waals surface area contributed by atoms with Crippen molar-refractivity contribution in [2.75, 3.05) is 0 Å². The Bertz CT molecular complexity index is 646. The van der Waals surface area contributed by atoms with Crippen molar-refractivity contribution < 1.29 is 14.7 Å². The van der Waals surface area contributed by atoms with E-state index in [1.165, 1.54) is 0 Å². The van der Waals surface area contributed by atoms with Crippen LogP contribution >= 0.6 is 11.6 Å². The predicted molar refractivity (Wildman–Crippen MR) is 82.4 cm³/mol. The molecule has 1 aliphatic carbocycles. The van der Waals surface area contributed by atoms with Crippen LogP contribution in [0.4, 0.5) is 0 Å². The smallest absolute Gasteiger partial charge is 0.247 e. The Hall–Kier alpha value is -1.59. The number of amides is 2. The third-order valence-corrected chi connectivity index (χ3v) is 5.34. The van der Waals surface area contributed by atoms with Gasteiger partial charge < -0.3 is 15.7 Å². The maximum absolute atomic E-state index is 12.5. The molecule has 1 saturated carbocycles. The predicted octanol–water partition coefficient (Wildman–Crippen LogP) is 1.03. The molecule has 3 rings (SSSR count). The first-order valence-corrected chi connectivity index (χ1v) is 7.69. The number of aliphatic hydroxyl groups is 1. The van der Waals surface area contributed by atoms with Crippen LogP contribution < -0.4 is 10.6 Å². The number of rotatable bonds is 2. The minimum atomic E-state index is -1.01. The summed E-state index contributed by atoms with van der Waals surface area (Å²) in [5.74, 6) is -0.450. The van der Waals surface area contributed by atoms with E-state index in [1.807, 2.05) is 12.1 Å². The number of halogens is 1. The molecule has 1 saturated heterocycles. The minimum Gasteiger partial charge on any atom is -0.392 e. The summed E-state index contributed by atoms with van der Waals surface area (Å²) in [6.45, 7) is 3.58. The third kappa shape index (κ3) is 2.11. The van der Waals surface area contributed by atoms with Crippen LogP contribution in [0, 0.1) is 5.41 Å². The fourth-order valence-electron chi connectivity index (χ4n) is 3.30. The van der Waals surface area contributed by atoms with Gasteiger partial charge in [-0.05, 0) is 17.7 Å². The topological polar surface area (TPSA) is 78.4 Å². The van der Waals surface area contributed by atoms with Gasteiger partial charge in [-0.1, -0.05) is 37.6 Å². The highest BCUT2D eigenvalue weighted by atomic mass is 35.5. The van der Waals surface area contributed by atoms with E-state index in [0.717, 1.165) is 5.56 Å². The van der Waals surface area contributed by atoms with Gasteiger partial charge in [0.25, 0.3) is 0 Å². The van der Waals surface area contributed by atoms with Gasteiger partial charge in [-0.3, -0.25) is 9.59 Å². The Morgan fingerprint density at radius 3 is 2.68 bits per heavy atom. The molecule has 0 radical (unpaired) electrons. The number of carbonyl (C=O) groups is 2. The van der Waals surface area contributed by atoms with E-state index >= 15 is 0 Å². The second-order valence-corrected chi connectivity index (χ2v) is 7.13. The van der Waals surface area contributed by atoms with Crippen molar-refractivity contribution in [3.8, 4) is 0 Å². The van der Waals surface area contributed by atoms with E-state index in [2.05, 4.69) is 10.6 Å². The van der Waals surface area contributed by atoms with Crippen molar-refractivity contribution >= 4 is 23.4 Å². The van der Waals surface area contributed by atoms with Crippen LogP contribution in [0.25, 0.3) is 0 Å². The van der Waals surface area contributed by atoms with Gasteiger partial charge in [-0.2, -0.15) is 0 Å². The van der Waals surface area contributed by atoms with E-state index < -0.39 is 23.1 Å². The lowest BCUT2D eigenvalue weighted by Crippen LogP contribution is -2.82.